The van der Waals surface area contributed by atoms with E-state index in [0.29, 0.717) is 13.0 Å². The van der Waals surface area contributed by atoms with Crippen molar-refractivity contribution in [1.82, 2.24) is 4.90 Å². The lowest BCUT2D eigenvalue weighted by molar-refractivity contribution is -0.147. The molecular formula is C14H16FNO4. The van der Waals surface area contributed by atoms with E-state index in [1.165, 1.54) is 24.1 Å². The first-order valence-electron chi connectivity index (χ1n) is 6.42. The number of amides is 1. The molecule has 1 heterocycles. The zero-order valence-electron chi connectivity index (χ0n) is 11.1. The summed E-state index contributed by atoms with van der Waals surface area (Å²) in [6, 6.07) is 2.67. The van der Waals surface area contributed by atoms with Crippen molar-refractivity contribution < 1.29 is 23.8 Å². The predicted molar refractivity (Wildman–Crippen MR) is 68.8 cm³/mol. The van der Waals surface area contributed by atoms with Crippen LogP contribution in [0.5, 0.6) is 5.75 Å². The van der Waals surface area contributed by atoms with Gasteiger partial charge in [0.25, 0.3) is 5.91 Å². The average Bonchev–Trinajstić information content (AvgIpc) is 2.46. The van der Waals surface area contributed by atoms with E-state index in [9.17, 15) is 14.0 Å². The summed E-state index contributed by atoms with van der Waals surface area (Å²) >= 11 is 0. The zero-order valence-corrected chi connectivity index (χ0v) is 11.1. The molecular weight excluding hydrogens is 265 g/mol. The van der Waals surface area contributed by atoms with Crippen LogP contribution in [0.2, 0.25) is 0 Å². The molecule has 1 fully saturated rings. The maximum atomic E-state index is 13.7. The van der Waals surface area contributed by atoms with Gasteiger partial charge in [-0.3, -0.25) is 4.79 Å². The van der Waals surface area contributed by atoms with Gasteiger partial charge >= 0.3 is 5.97 Å². The topological polar surface area (TPSA) is 66.8 Å². The molecule has 0 bridgehead atoms. The van der Waals surface area contributed by atoms with Gasteiger partial charge in [0.15, 0.2) is 0 Å². The monoisotopic (exact) mass is 281 g/mol. The third-order valence-corrected chi connectivity index (χ3v) is 3.42. The van der Waals surface area contributed by atoms with Crippen LogP contribution in [0.25, 0.3) is 0 Å². The minimum absolute atomic E-state index is 0.154. The average molecular weight is 281 g/mol. The van der Waals surface area contributed by atoms with Crippen molar-refractivity contribution in [3.8, 4) is 5.75 Å². The Labute approximate surface area is 116 Å². The number of aromatic hydroxyl groups is 1. The molecule has 1 aromatic carbocycles. The van der Waals surface area contributed by atoms with Crippen molar-refractivity contribution in [1.29, 1.82) is 0 Å². The van der Waals surface area contributed by atoms with Crippen LogP contribution in [-0.2, 0) is 9.53 Å². The molecule has 1 aromatic rings. The lowest BCUT2D eigenvalue weighted by atomic mass is 10.0. The van der Waals surface area contributed by atoms with Crippen molar-refractivity contribution in [3.63, 3.8) is 0 Å². The number of phenolic OH excluding ortho intramolecular Hbond substituents is 1. The van der Waals surface area contributed by atoms with Gasteiger partial charge in [0.05, 0.1) is 12.7 Å². The normalized spacial score (nSPS) is 18.7. The van der Waals surface area contributed by atoms with E-state index in [1.54, 1.807) is 0 Å². The molecule has 0 radical (unpaired) electrons. The number of carbonyl (C=O) groups excluding carboxylic acids is 2. The number of nitrogens with zero attached hydrogens (tertiary/aromatic N) is 1. The largest absolute Gasteiger partial charge is 0.508 e. The number of ether oxygens (including phenoxy) is 1. The van der Waals surface area contributed by atoms with Crippen LogP contribution < -0.4 is 0 Å². The van der Waals surface area contributed by atoms with Crippen LogP contribution >= 0.6 is 0 Å². The molecule has 1 amide bonds. The Balaban J connectivity index is 2.27. The number of rotatable bonds is 2. The minimum atomic E-state index is -0.802. The van der Waals surface area contributed by atoms with Gasteiger partial charge in [-0.05, 0) is 31.4 Å². The molecule has 1 aliphatic heterocycles. The molecule has 0 unspecified atom stereocenters. The summed E-state index contributed by atoms with van der Waals surface area (Å²) in [6.45, 7) is 0.388. The molecule has 0 aliphatic carbocycles. The number of methoxy groups -OCH3 is 1. The van der Waals surface area contributed by atoms with E-state index < -0.39 is 23.7 Å². The maximum absolute atomic E-state index is 13.7. The SMILES string of the molecule is COC(=O)[C@H]1CCCCN1C(=O)c1ccc(O)cc1F. The Kier molecular flexibility index (Phi) is 4.22. The number of phenols is 1. The molecule has 1 N–H and O–H groups in total. The van der Waals surface area contributed by atoms with Gasteiger partial charge in [-0.1, -0.05) is 0 Å². The lowest BCUT2D eigenvalue weighted by Gasteiger charge is -2.33. The molecule has 1 saturated heterocycles. The standard InChI is InChI=1S/C14H16FNO4/c1-20-14(19)12-4-2-3-7-16(12)13(18)10-6-5-9(17)8-11(10)15/h5-6,8,12,17H,2-4,7H2,1H3/t12-/m1/s1. The maximum Gasteiger partial charge on any atom is 0.328 e. The van der Waals surface area contributed by atoms with Crippen molar-refractivity contribution >= 4 is 11.9 Å². The van der Waals surface area contributed by atoms with E-state index >= 15 is 0 Å². The van der Waals surface area contributed by atoms with Crippen molar-refractivity contribution in [2.75, 3.05) is 13.7 Å². The van der Waals surface area contributed by atoms with Crippen LogP contribution in [-0.4, -0.2) is 41.6 Å². The highest BCUT2D eigenvalue weighted by Crippen LogP contribution is 2.23. The van der Waals surface area contributed by atoms with E-state index in [2.05, 4.69) is 4.74 Å². The highest BCUT2D eigenvalue weighted by molar-refractivity contribution is 5.97. The van der Waals surface area contributed by atoms with Crippen molar-refractivity contribution in [2.45, 2.75) is 25.3 Å². The van der Waals surface area contributed by atoms with Crippen LogP contribution in [0.4, 0.5) is 4.39 Å². The summed E-state index contributed by atoms with van der Waals surface area (Å²) in [4.78, 5) is 25.4. The summed E-state index contributed by atoms with van der Waals surface area (Å²) < 4.78 is 18.4. The fourth-order valence-corrected chi connectivity index (χ4v) is 2.39. The minimum Gasteiger partial charge on any atom is -0.508 e. The summed E-state index contributed by atoms with van der Waals surface area (Å²) in [5.41, 5.74) is -0.154. The van der Waals surface area contributed by atoms with E-state index in [1.807, 2.05) is 0 Å². The molecule has 108 valence electrons. The Morgan fingerprint density at radius 1 is 1.40 bits per heavy atom. The molecule has 20 heavy (non-hydrogen) atoms. The smallest absolute Gasteiger partial charge is 0.328 e. The van der Waals surface area contributed by atoms with Gasteiger partial charge < -0.3 is 14.7 Å². The second kappa shape index (κ2) is 5.90. The fraction of sp³-hybridized carbons (Fsp3) is 0.429. The molecule has 0 spiro atoms. The third kappa shape index (κ3) is 2.74. The Bertz CT molecular complexity index is 532. The van der Waals surface area contributed by atoms with Crippen LogP contribution in [0.15, 0.2) is 18.2 Å². The van der Waals surface area contributed by atoms with Crippen LogP contribution in [0, 0.1) is 5.82 Å². The van der Waals surface area contributed by atoms with E-state index in [-0.39, 0.29) is 11.3 Å². The van der Waals surface area contributed by atoms with Crippen LogP contribution in [0.1, 0.15) is 29.6 Å². The summed E-state index contributed by atoms with van der Waals surface area (Å²) in [6.07, 6.45) is 2.10. The molecule has 2 rings (SSSR count). The lowest BCUT2D eigenvalue weighted by Crippen LogP contribution is -2.48. The van der Waals surface area contributed by atoms with Gasteiger partial charge in [0.2, 0.25) is 0 Å². The van der Waals surface area contributed by atoms with Gasteiger partial charge in [0.1, 0.15) is 17.6 Å². The van der Waals surface area contributed by atoms with Gasteiger partial charge in [-0.2, -0.15) is 0 Å². The molecule has 1 atom stereocenters. The Morgan fingerprint density at radius 3 is 2.80 bits per heavy atom. The number of piperidine rings is 1. The number of halogens is 1. The first-order valence-corrected chi connectivity index (χ1v) is 6.42. The molecule has 5 nitrogen and oxygen atoms in total. The number of hydrogen-bond acceptors (Lipinski definition) is 4. The third-order valence-electron chi connectivity index (χ3n) is 3.42. The fourth-order valence-electron chi connectivity index (χ4n) is 2.39. The molecule has 1 aliphatic rings. The quantitative estimate of drug-likeness (QED) is 0.838. The number of esters is 1. The highest BCUT2D eigenvalue weighted by atomic mass is 19.1. The van der Waals surface area contributed by atoms with Gasteiger partial charge in [0, 0.05) is 12.6 Å². The predicted octanol–water partition coefficient (Wildman–Crippen LogP) is 1.70. The number of benzene rings is 1. The molecule has 6 heteroatoms. The summed E-state index contributed by atoms with van der Waals surface area (Å²) in [7, 11) is 1.26. The van der Waals surface area contributed by atoms with Gasteiger partial charge in [-0.15, -0.1) is 0 Å². The second-order valence-electron chi connectivity index (χ2n) is 4.70. The van der Waals surface area contributed by atoms with Crippen LogP contribution in [0.3, 0.4) is 0 Å². The molecule has 0 saturated carbocycles. The number of likely N-dealkylation sites (tertiary alicyclic amines) is 1. The Hall–Kier alpha value is -2.11. The Morgan fingerprint density at radius 2 is 2.15 bits per heavy atom. The first-order chi connectivity index (χ1) is 9.54. The molecule has 0 aromatic heterocycles. The number of hydrogen-bond donors (Lipinski definition) is 1. The van der Waals surface area contributed by atoms with Gasteiger partial charge in [-0.25, -0.2) is 9.18 Å². The second-order valence-corrected chi connectivity index (χ2v) is 4.70. The summed E-state index contributed by atoms with van der Waals surface area (Å²) in [5.74, 6) is -2.10. The zero-order chi connectivity index (χ0) is 14.7. The highest BCUT2D eigenvalue weighted by Gasteiger charge is 2.34. The first kappa shape index (κ1) is 14.3. The van der Waals surface area contributed by atoms with E-state index in [0.717, 1.165) is 18.9 Å². The number of carbonyl (C=O) groups is 2. The van der Waals surface area contributed by atoms with E-state index in [4.69, 9.17) is 5.11 Å². The summed E-state index contributed by atoms with van der Waals surface area (Å²) in [5, 5.41) is 9.17. The van der Waals surface area contributed by atoms with Crippen molar-refractivity contribution in [3.05, 3.63) is 29.6 Å². The van der Waals surface area contributed by atoms with Crippen molar-refractivity contribution in [2.24, 2.45) is 0 Å².